The van der Waals surface area contributed by atoms with E-state index in [2.05, 4.69) is 25.7 Å². The Morgan fingerprint density at radius 3 is 2.53 bits per heavy atom. The average Bonchev–Trinajstić information content (AvgIpc) is 2.55. The van der Waals surface area contributed by atoms with Crippen LogP contribution in [0.15, 0.2) is 0 Å². The first-order valence-electron chi connectivity index (χ1n) is 8.46. The normalized spacial score (nSPS) is 36.3. The minimum Gasteiger partial charge on any atom is -0.329 e. The lowest BCUT2D eigenvalue weighted by molar-refractivity contribution is 0.0912. The van der Waals surface area contributed by atoms with Gasteiger partial charge in [-0.25, -0.2) is 0 Å². The summed E-state index contributed by atoms with van der Waals surface area (Å²) >= 11 is 0. The number of nitrogens with zero attached hydrogens (tertiary/aromatic N) is 1. The van der Waals surface area contributed by atoms with Gasteiger partial charge in [-0.15, -0.1) is 0 Å². The maximum atomic E-state index is 6.22. The zero-order valence-electron chi connectivity index (χ0n) is 13.4. The second kappa shape index (κ2) is 6.13. The maximum absolute atomic E-state index is 6.22. The van der Waals surface area contributed by atoms with Crippen LogP contribution in [0, 0.1) is 11.3 Å². The van der Waals surface area contributed by atoms with E-state index < -0.39 is 0 Å². The molecule has 0 aromatic rings. The first-order valence-corrected chi connectivity index (χ1v) is 8.46. The lowest BCUT2D eigenvalue weighted by atomic mass is 9.86. The summed E-state index contributed by atoms with van der Waals surface area (Å²) in [7, 11) is 0. The monoisotopic (exact) mass is 266 g/mol. The molecule has 0 radical (unpaired) electrons. The summed E-state index contributed by atoms with van der Waals surface area (Å²) in [5, 5.41) is 0. The summed E-state index contributed by atoms with van der Waals surface area (Å²) in [5.41, 5.74) is 7.04. The third kappa shape index (κ3) is 3.52. The third-order valence-electron chi connectivity index (χ3n) is 5.67. The van der Waals surface area contributed by atoms with Crippen LogP contribution in [0.5, 0.6) is 0 Å². The molecular weight excluding hydrogens is 232 g/mol. The second-order valence-corrected chi connectivity index (χ2v) is 7.84. The number of rotatable bonds is 4. The van der Waals surface area contributed by atoms with Gasteiger partial charge in [0, 0.05) is 12.1 Å². The minimum absolute atomic E-state index is 0.324. The van der Waals surface area contributed by atoms with Crippen LogP contribution < -0.4 is 5.73 Å². The van der Waals surface area contributed by atoms with Gasteiger partial charge in [0.05, 0.1) is 0 Å². The summed E-state index contributed by atoms with van der Waals surface area (Å²) < 4.78 is 0. The molecule has 2 aliphatic rings. The van der Waals surface area contributed by atoms with Crippen molar-refractivity contribution in [3.05, 3.63) is 0 Å². The van der Waals surface area contributed by atoms with Crippen molar-refractivity contribution in [2.24, 2.45) is 17.1 Å². The Bertz CT molecular complexity index is 287. The molecule has 2 N–H and O–H groups in total. The molecule has 0 amide bonds. The Labute approximate surface area is 120 Å². The molecule has 1 aliphatic carbocycles. The fraction of sp³-hybridized carbons (Fsp3) is 1.00. The molecule has 2 unspecified atom stereocenters. The highest BCUT2D eigenvalue weighted by atomic mass is 15.2. The molecule has 19 heavy (non-hydrogen) atoms. The van der Waals surface area contributed by atoms with Crippen LogP contribution in [0.4, 0.5) is 0 Å². The van der Waals surface area contributed by atoms with Crippen LogP contribution >= 0.6 is 0 Å². The standard InChI is InChI=1S/C17H34N2/c1-4-6-15-7-5-11-19(12-8-15)17(14-18)10-9-16(2,3)13-17/h15H,4-14,18H2,1-3H3. The van der Waals surface area contributed by atoms with Crippen LogP contribution in [0.3, 0.4) is 0 Å². The summed E-state index contributed by atoms with van der Waals surface area (Å²) in [5.74, 6) is 0.972. The van der Waals surface area contributed by atoms with Crippen LogP contribution in [0.2, 0.25) is 0 Å². The molecule has 2 nitrogen and oxygen atoms in total. The molecule has 0 spiro atoms. The smallest absolute Gasteiger partial charge is 0.0337 e. The fourth-order valence-electron chi connectivity index (χ4n) is 4.55. The lowest BCUT2D eigenvalue weighted by Crippen LogP contribution is -2.53. The van der Waals surface area contributed by atoms with Crippen LogP contribution in [0.1, 0.15) is 72.1 Å². The van der Waals surface area contributed by atoms with Crippen molar-refractivity contribution in [3.8, 4) is 0 Å². The molecule has 2 heteroatoms. The van der Waals surface area contributed by atoms with E-state index >= 15 is 0 Å². The van der Waals surface area contributed by atoms with Gasteiger partial charge in [-0.3, -0.25) is 4.90 Å². The van der Waals surface area contributed by atoms with Gasteiger partial charge in [0.1, 0.15) is 0 Å². The number of nitrogens with two attached hydrogens (primary N) is 1. The Kier molecular flexibility index (Phi) is 4.94. The Morgan fingerprint density at radius 2 is 1.95 bits per heavy atom. The fourth-order valence-corrected chi connectivity index (χ4v) is 4.55. The van der Waals surface area contributed by atoms with Crippen LogP contribution in [-0.2, 0) is 0 Å². The molecule has 0 bridgehead atoms. The Morgan fingerprint density at radius 1 is 1.16 bits per heavy atom. The second-order valence-electron chi connectivity index (χ2n) is 7.84. The van der Waals surface area contributed by atoms with E-state index in [1.807, 2.05) is 0 Å². The first kappa shape index (κ1) is 15.3. The van der Waals surface area contributed by atoms with Gasteiger partial charge in [-0.1, -0.05) is 33.6 Å². The predicted octanol–water partition coefficient (Wildman–Crippen LogP) is 3.80. The van der Waals surface area contributed by atoms with Crippen molar-refractivity contribution < 1.29 is 0 Å². The van der Waals surface area contributed by atoms with E-state index in [1.165, 1.54) is 64.5 Å². The highest BCUT2D eigenvalue weighted by molar-refractivity contribution is 5.02. The Balaban J connectivity index is 2.00. The summed E-state index contributed by atoms with van der Waals surface area (Å²) in [4.78, 5) is 2.78. The van der Waals surface area contributed by atoms with E-state index in [9.17, 15) is 0 Å². The molecule has 0 aromatic carbocycles. The lowest BCUT2D eigenvalue weighted by Gasteiger charge is -2.41. The number of hydrogen-bond acceptors (Lipinski definition) is 2. The topological polar surface area (TPSA) is 29.3 Å². The van der Waals surface area contributed by atoms with E-state index in [4.69, 9.17) is 5.73 Å². The van der Waals surface area contributed by atoms with Gasteiger partial charge in [0.2, 0.25) is 0 Å². The van der Waals surface area contributed by atoms with Gasteiger partial charge in [0.15, 0.2) is 0 Å². The highest BCUT2D eigenvalue weighted by Gasteiger charge is 2.46. The quantitative estimate of drug-likeness (QED) is 0.838. The van der Waals surface area contributed by atoms with Crippen molar-refractivity contribution in [3.63, 3.8) is 0 Å². The molecule has 2 rings (SSSR count). The largest absolute Gasteiger partial charge is 0.329 e. The molecule has 0 aromatic heterocycles. The predicted molar refractivity (Wildman–Crippen MR) is 83.2 cm³/mol. The van der Waals surface area contributed by atoms with E-state index in [1.54, 1.807) is 0 Å². The highest BCUT2D eigenvalue weighted by Crippen LogP contribution is 2.46. The molecule has 2 fully saturated rings. The van der Waals surface area contributed by atoms with Crippen molar-refractivity contribution in [2.75, 3.05) is 19.6 Å². The molecule has 112 valence electrons. The SMILES string of the molecule is CCCC1CCCN(C2(CN)CCC(C)(C)C2)CC1. The Hall–Kier alpha value is -0.0800. The van der Waals surface area contributed by atoms with E-state index in [0.29, 0.717) is 11.0 Å². The number of likely N-dealkylation sites (tertiary alicyclic amines) is 1. The van der Waals surface area contributed by atoms with Crippen molar-refractivity contribution in [1.29, 1.82) is 0 Å². The molecule has 2 atom stereocenters. The van der Waals surface area contributed by atoms with Crippen LogP contribution in [-0.4, -0.2) is 30.1 Å². The first-order chi connectivity index (χ1) is 9.01. The van der Waals surface area contributed by atoms with Gasteiger partial charge in [-0.2, -0.15) is 0 Å². The van der Waals surface area contributed by atoms with E-state index in [0.717, 1.165) is 12.5 Å². The van der Waals surface area contributed by atoms with Crippen molar-refractivity contribution in [2.45, 2.75) is 77.7 Å². The molecular formula is C17H34N2. The molecule has 1 heterocycles. The minimum atomic E-state index is 0.324. The van der Waals surface area contributed by atoms with Crippen molar-refractivity contribution >= 4 is 0 Å². The number of hydrogen-bond donors (Lipinski definition) is 1. The van der Waals surface area contributed by atoms with Gasteiger partial charge < -0.3 is 5.73 Å². The molecule has 1 aliphatic heterocycles. The summed E-state index contributed by atoms with van der Waals surface area (Å²) in [6.45, 7) is 10.6. The molecule has 1 saturated carbocycles. The van der Waals surface area contributed by atoms with Crippen LogP contribution in [0.25, 0.3) is 0 Å². The molecule has 1 saturated heterocycles. The van der Waals surface area contributed by atoms with E-state index in [-0.39, 0.29) is 0 Å². The van der Waals surface area contributed by atoms with Gasteiger partial charge >= 0.3 is 0 Å². The van der Waals surface area contributed by atoms with Crippen molar-refractivity contribution in [1.82, 2.24) is 4.90 Å². The zero-order chi connectivity index (χ0) is 13.9. The summed E-state index contributed by atoms with van der Waals surface area (Å²) in [6, 6.07) is 0. The van der Waals surface area contributed by atoms with Gasteiger partial charge in [0.25, 0.3) is 0 Å². The summed E-state index contributed by atoms with van der Waals surface area (Å²) in [6.07, 6.45) is 11.0. The third-order valence-corrected chi connectivity index (χ3v) is 5.67. The van der Waals surface area contributed by atoms with Gasteiger partial charge in [-0.05, 0) is 62.9 Å². The zero-order valence-corrected chi connectivity index (χ0v) is 13.4. The maximum Gasteiger partial charge on any atom is 0.0337 e. The average molecular weight is 266 g/mol.